The van der Waals surface area contributed by atoms with E-state index in [1.807, 2.05) is 6.92 Å². The molecule has 1 N–H and O–H groups in total. The summed E-state index contributed by atoms with van der Waals surface area (Å²) < 4.78 is 6.45. The Balaban J connectivity index is 2.23. The van der Waals surface area contributed by atoms with Crippen LogP contribution in [-0.2, 0) is 20.0 Å². The molecule has 2 aromatic heterocycles. The van der Waals surface area contributed by atoms with Crippen LogP contribution >= 0.6 is 0 Å². The second-order valence-corrected chi connectivity index (χ2v) is 4.56. The van der Waals surface area contributed by atoms with E-state index in [0.717, 1.165) is 6.42 Å². The number of nitrogens with zero attached hydrogens (tertiary/aromatic N) is 4. The zero-order chi connectivity index (χ0) is 14.7. The van der Waals surface area contributed by atoms with Gasteiger partial charge < -0.3 is 9.84 Å². The van der Waals surface area contributed by atoms with Gasteiger partial charge in [0.15, 0.2) is 0 Å². The molecule has 0 saturated carbocycles. The van der Waals surface area contributed by atoms with Crippen LogP contribution in [0.15, 0.2) is 10.6 Å². The first-order valence-electron chi connectivity index (χ1n) is 6.39. The molecule has 2 heterocycles. The number of hydrogen-bond donors (Lipinski definition) is 1. The van der Waals surface area contributed by atoms with Gasteiger partial charge in [0.25, 0.3) is 0 Å². The van der Waals surface area contributed by atoms with Crippen LogP contribution in [0, 0.1) is 17.0 Å². The van der Waals surface area contributed by atoms with E-state index < -0.39 is 4.92 Å². The summed E-state index contributed by atoms with van der Waals surface area (Å²) in [6, 6.07) is 1.78. The zero-order valence-electron chi connectivity index (χ0n) is 11.7. The summed E-state index contributed by atoms with van der Waals surface area (Å²) in [6.07, 6.45) is 1.38. The Hall–Kier alpha value is -2.38. The van der Waals surface area contributed by atoms with Gasteiger partial charge in [-0.2, -0.15) is 5.10 Å². The molecule has 0 aromatic carbocycles. The normalized spacial score (nSPS) is 10.8. The summed E-state index contributed by atoms with van der Waals surface area (Å²) in [4.78, 5) is 10.8. The van der Waals surface area contributed by atoms with E-state index in [4.69, 9.17) is 4.52 Å². The lowest BCUT2D eigenvalue weighted by Crippen LogP contribution is -2.06. The van der Waals surface area contributed by atoms with Crippen molar-refractivity contribution in [3.8, 4) is 0 Å². The molecular weight excluding hydrogens is 262 g/mol. The lowest BCUT2D eigenvalue weighted by molar-refractivity contribution is -0.384. The van der Waals surface area contributed by atoms with Gasteiger partial charge in [0.2, 0.25) is 5.82 Å². The topological polar surface area (TPSA) is 99.0 Å². The van der Waals surface area contributed by atoms with E-state index in [0.29, 0.717) is 35.9 Å². The van der Waals surface area contributed by atoms with Gasteiger partial charge in [-0.05, 0) is 13.3 Å². The van der Waals surface area contributed by atoms with Gasteiger partial charge >= 0.3 is 5.69 Å². The summed E-state index contributed by atoms with van der Waals surface area (Å²) in [5.41, 5.74) is 1.23. The fourth-order valence-corrected chi connectivity index (χ4v) is 2.04. The second kappa shape index (κ2) is 5.72. The number of aryl methyl sites for hydroxylation is 3. The fourth-order valence-electron chi connectivity index (χ4n) is 2.04. The number of nitro groups is 1. The minimum Gasteiger partial charge on any atom is -0.361 e. The maximum Gasteiger partial charge on any atom is 0.334 e. The molecule has 2 rings (SSSR count). The fraction of sp³-hybridized carbons (Fsp3) is 0.500. The molecule has 0 unspecified atom stereocenters. The van der Waals surface area contributed by atoms with Crippen LogP contribution in [-0.4, -0.2) is 19.9 Å². The van der Waals surface area contributed by atoms with Crippen molar-refractivity contribution in [2.45, 2.75) is 33.2 Å². The first-order valence-corrected chi connectivity index (χ1v) is 6.39. The molecule has 108 valence electrons. The van der Waals surface area contributed by atoms with Gasteiger partial charge in [-0.15, -0.1) is 0 Å². The smallest absolute Gasteiger partial charge is 0.334 e. The molecule has 0 amide bonds. The van der Waals surface area contributed by atoms with Gasteiger partial charge in [-0.25, -0.2) is 4.68 Å². The SMILES string of the molecule is CCCc1nn(C)c(NCc2cc(C)on2)c1[N+](=O)[O-]. The Bertz CT molecular complexity index is 617. The van der Waals surface area contributed by atoms with Crippen LogP contribution in [0.1, 0.15) is 30.5 Å². The van der Waals surface area contributed by atoms with Gasteiger partial charge in [0.1, 0.15) is 17.1 Å². The lowest BCUT2D eigenvalue weighted by Gasteiger charge is -2.03. The van der Waals surface area contributed by atoms with E-state index >= 15 is 0 Å². The van der Waals surface area contributed by atoms with Crippen molar-refractivity contribution in [3.63, 3.8) is 0 Å². The van der Waals surface area contributed by atoms with Crippen molar-refractivity contribution in [2.75, 3.05) is 5.32 Å². The van der Waals surface area contributed by atoms with E-state index in [1.165, 1.54) is 4.68 Å². The lowest BCUT2D eigenvalue weighted by atomic mass is 10.2. The molecular formula is C12H17N5O3. The average Bonchev–Trinajstić information content (AvgIpc) is 2.91. The maximum absolute atomic E-state index is 11.2. The van der Waals surface area contributed by atoms with Crippen molar-refractivity contribution in [1.29, 1.82) is 0 Å². The Labute approximate surface area is 115 Å². The van der Waals surface area contributed by atoms with E-state index in [9.17, 15) is 10.1 Å². The molecule has 0 spiro atoms. The Morgan fingerprint density at radius 2 is 2.30 bits per heavy atom. The highest BCUT2D eigenvalue weighted by Gasteiger charge is 2.25. The first-order chi connectivity index (χ1) is 9.52. The molecule has 8 heteroatoms. The predicted molar refractivity (Wildman–Crippen MR) is 72.4 cm³/mol. The van der Waals surface area contributed by atoms with Gasteiger partial charge in [-0.1, -0.05) is 18.5 Å². The van der Waals surface area contributed by atoms with Gasteiger partial charge in [-0.3, -0.25) is 10.1 Å². The Kier molecular flexibility index (Phi) is 4.02. The number of rotatable bonds is 6. The van der Waals surface area contributed by atoms with Gasteiger partial charge in [0.05, 0.1) is 11.5 Å². The highest BCUT2D eigenvalue weighted by molar-refractivity contribution is 5.59. The molecule has 0 bridgehead atoms. The minimum absolute atomic E-state index is 0.0366. The summed E-state index contributed by atoms with van der Waals surface area (Å²) >= 11 is 0. The molecule has 0 aliphatic rings. The van der Waals surface area contributed by atoms with Gasteiger partial charge in [0, 0.05) is 13.1 Å². The summed E-state index contributed by atoms with van der Waals surface area (Å²) in [6.45, 7) is 4.11. The van der Waals surface area contributed by atoms with Crippen LogP contribution in [0.4, 0.5) is 11.5 Å². The van der Waals surface area contributed by atoms with Crippen LogP contribution in [0.3, 0.4) is 0 Å². The molecule has 0 atom stereocenters. The Morgan fingerprint density at radius 1 is 1.55 bits per heavy atom. The predicted octanol–water partition coefficient (Wildman–Crippen LogP) is 2.19. The van der Waals surface area contributed by atoms with E-state index in [-0.39, 0.29) is 5.69 Å². The minimum atomic E-state index is -0.394. The molecule has 0 radical (unpaired) electrons. The Morgan fingerprint density at radius 3 is 2.85 bits per heavy atom. The summed E-state index contributed by atoms with van der Waals surface area (Å²) in [5.74, 6) is 1.09. The molecule has 8 nitrogen and oxygen atoms in total. The molecule has 2 aromatic rings. The van der Waals surface area contributed by atoms with Crippen LogP contribution in [0.25, 0.3) is 0 Å². The van der Waals surface area contributed by atoms with Crippen molar-refractivity contribution in [2.24, 2.45) is 7.05 Å². The monoisotopic (exact) mass is 279 g/mol. The largest absolute Gasteiger partial charge is 0.361 e. The first kappa shape index (κ1) is 14.0. The average molecular weight is 279 g/mol. The molecule has 0 aliphatic heterocycles. The highest BCUT2D eigenvalue weighted by atomic mass is 16.6. The molecule has 0 saturated heterocycles. The molecule has 0 fully saturated rings. The molecule has 20 heavy (non-hydrogen) atoms. The number of anilines is 1. The second-order valence-electron chi connectivity index (χ2n) is 4.56. The maximum atomic E-state index is 11.2. The van der Waals surface area contributed by atoms with E-state index in [2.05, 4.69) is 15.6 Å². The number of hydrogen-bond acceptors (Lipinski definition) is 6. The van der Waals surface area contributed by atoms with Crippen LogP contribution in [0.5, 0.6) is 0 Å². The summed E-state index contributed by atoms with van der Waals surface area (Å²) in [5, 5.41) is 22.3. The van der Waals surface area contributed by atoms with Crippen molar-refractivity contribution >= 4 is 11.5 Å². The zero-order valence-corrected chi connectivity index (χ0v) is 11.7. The number of aromatic nitrogens is 3. The molecule has 0 aliphatic carbocycles. The highest BCUT2D eigenvalue weighted by Crippen LogP contribution is 2.29. The quantitative estimate of drug-likeness (QED) is 0.642. The third-order valence-corrected chi connectivity index (χ3v) is 2.88. The third kappa shape index (κ3) is 2.79. The van der Waals surface area contributed by atoms with Crippen LogP contribution in [0.2, 0.25) is 0 Å². The van der Waals surface area contributed by atoms with E-state index in [1.54, 1.807) is 20.0 Å². The van der Waals surface area contributed by atoms with Crippen molar-refractivity contribution < 1.29 is 9.45 Å². The standard InChI is InChI=1S/C12H17N5O3/c1-4-5-10-11(17(18)19)12(16(3)14-10)13-7-9-6-8(2)20-15-9/h6,13H,4-5,7H2,1-3H3. The third-order valence-electron chi connectivity index (χ3n) is 2.88. The summed E-state index contributed by atoms with van der Waals surface area (Å²) in [7, 11) is 1.68. The van der Waals surface area contributed by atoms with Crippen molar-refractivity contribution in [1.82, 2.24) is 14.9 Å². The van der Waals surface area contributed by atoms with Crippen LogP contribution < -0.4 is 5.32 Å². The number of nitrogens with one attached hydrogen (secondary N) is 1. The van der Waals surface area contributed by atoms with Crippen molar-refractivity contribution in [3.05, 3.63) is 33.3 Å².